The van der Waals surface area contributed by atoms with Crippen LogP contribution in [-0.2, 0) is 4.74 Å². The lowest BCUT2D eigenvalue weighted by Gasteiger charge is -2.41. The molecule has 2 aliphatic rings. The summed E-state index contributed by atoms with van der Waals surface area (Å²) in [4.78, 5) is 0. The Bertz CT molecular complexity index is 847. The fraction of sp³-hybridized carbons (Fsp3) is 0.478. The van der Waals surface area contributed by atoms with E-state index < -0.39 is 0 Å². The van der Waals surface area contributed by atoms with Crippen LogP contribution in [-0.4, -0.2) is 34.5 Å². The molecule has 2 aromatic carbocycles. The van der Waals surface area contributed by atoms with E-state index in [0.717, 1.165) is 41.2 Å². The summed E-state index contributed by atoms with van der Waals surface area (Å²) in [6.45, 7) is 0. The van der Waals surface area contributed by atoms with E-state index in [0.29, 0.717) is 11.7 Å². The smallest absolute Gasteiger partial charge is 0.161 e. The molecule has 5 nitrogen and oxygen atoms in total. The van der Waals surface area contributed by atoms with E-state index in [2.05, 4.69) is 12.1 Å². The van der Waals surface area contributed by atoms with Crippen LogP contribution in [0.3, 0.4) is 0 Å². The Kier molecular flexibility index (Phi) is 5.36. The first kappa shape index (κ1) is 18.9. The lowest BCUT2D eigenvalue weighted by atomic mass is 9.75. The van der Waals surface area contributed by atoms with Crippen molar-refractivity contribution in [3.63, 3.8) is 0 Å². The van der Waals surface area contributed by atoms with Crippen LogP contribution < -0.4 is 18.9 Å². The molecule has 0 bridgehead atoms. The van der Waals surface area contributed by atoms with Crippen molar-refractivity contribution in [3.05, 3.63) is 47.0 Å². The Labute approximate surface area is 166 Å². The van der Waals surface area contributed by atoms with Crippen LogP contribution in [0.15, 0.2) is 30.3 Å². The van der Waals surface area contributed by atoms with Gasteiger partial charge in [0.2, 0.25) is 0 Å². The summed E-state index contributed by atoms with van der Waals surface area (Å²) in [5.41, 5.74) is 3.38. The lowest BCUT2D eigenvalue weighted by molar-refractivity contribution is -0.0399. The summed E-state index contributed by atoms with van der Waals surface area (Å²) in [6, 6.07) is 10.0. The zero-order valence-corrected chi connectivity index (χ0v) is 17.0. The van der Waals surface area contributed by atoms with Crippen LogP contribution in [0.25, 0.3) is 0 Å². The standard InChI is InChI=1S/C23H28O5/c1-24-14-9-10-19(25-2)18(11-14)23-17-13-22(27-4)21(26-3)12-16(17)15-7-5-6-8-20(15)28-23/h9-13,15,20,23H,5-8H2,1-4H3/t15-,20+,23+/m0/s1. The molecule has 1 fully saturated rings. The van der Waals surface area contributed by atoms with Gasteiger partial charge in [-0.25, -0.2) is 0 Å². The predicted octanol–water partition coefficient (Wildman–Crippen LogP) is 4.87. The van der Waals surface area contributed by atoms with Gasteiger partial charge >= 0.3 is 0 Å². The number of ether oxygens (including phenoxy) is 5. The molecule has 4 rings (SSSR count). The Hall–Kier alpha value is -2.40. The van der Waals surface area contributed by atoms with Gasteiger partial charge in [0.15, 0.2) is 11.5 Å². The maximum absolute atomic E-state index is 6.69. The van der Waals surface area contributed by atoms with E-state index in [9.17, 15) is 0 Å². The maximum atomic E-state index is 6.69. The van der Waals surface area contributed by atoms with Crippen molar-refractivity contribution in [3.8, 4) is 23.0 Å². The molecule has 0 aromatic heterocycles. The second-order valence-electron chi connectivity index (χ2n) is 7.39. The lowest BCUT2D eigenvalue weighted by Crippen LogP contribution is -2.34. The molecule has 1 heterocycles. The zero-order valence-electron chi connectivity index (χ0n) is 17.0. The molecule has 0 spiro atoms. The van der Waals surface area contributed by atoms with Gasteiger partial charge in [-0.1, -0.05) is 12.8 Å². The van der Waals surface area contributed by atoms with Gasteiger partial charge in [0.05, 0.1) is 34.5 Å². The summed E-state index contributed by atoms with van der Waals surface area (Å²) in [5, 5.41) is 0. The molecule has 2 aromatic rings. The Morgan fingerprint density at radius 2 is 1.39 bits per heavy atom. The van der Waals surface area contributed by atoms with Crippen LogP contribution in [0.1, 0.15) is 54.4 Å². The first-order valence-electron chi connectivity index (χ1n) is 9.83. The average molecular weight is 384 g/mol. The van der Waals surface area contributed by atoms with E-state index in [1.54, 1.807) is 28.4 Å². The molecule has 0 N–H and O–H groups in total. The largest absolute Gasteiger partial charge is 0.497 e. The second kappa shape index (κ2) is 7.92. The molecule has 1 aliphatic carbocycles. The SMILES string of the molecule is COc1ccc(OC)c([C@@H]2O[C@@H]3CCCC[C@H]3c3cc(OC)c(OC)cc32)c1. The molecule has 28 heavy (non-hydrogen) atoms. The third kappa shape index (κ3) is 3.18. The first-order chi connectivity index (χ1) is 13.7. The number of hydrogen-bond acceptors (Lipinski definition) is 5. The number of hydrogen-bond donors (Lipinski definition) is 0. The number of methoxy groups -OCH3 is 4. The topological polar surface area (TPSA) is 46.2 Å². The van der Waals surface area contributed by atoms with Crippen molar-refractivity contribution >= 4 is 0 Å². The highest BCUT2D eigenvalue weighted by atomic mass is 16.5. The first-order valence-corrected chi connectivity index (χ1v) is 9.83. The number of fused-ring (bicyclic) bond motifs is 3. The minimum atomic E-state index is -0.237. The molecule has 0 radical (unpaired) electrons. The molecule has 0 amide bonds. The normalized spacial score (nSPS) is 23.4. The van der Waals surface area contributed by atoms with Gasteiger partial charge in [-0.15, -0.1) is 0 Å². The average Bonchev–Trinajstić information content (AvgIpc) is 2.76. The third-order valence-corrected chi connectivity index (χ3v) is 6.00. The van der Waals surface area contributed by atoms with E-state index in [4.69, 9.17) is 23.7 Å². The number of benzene rings is 2. The van der Waals surface area contributed by atoms with Crippen molar-refractivity contribution in [2.24, 2.45) is 0 Å². The van der Waals surface area contributed by atoms with Crippen molar-refractivity contribution in [1.82, 2.24) is 0 Å². The van der Waals surface area contributed by atoms with Gasteiger partial charge < -0.3 is 23.7 Å². The third-order valence-electron chi connectivity index (χ3n) is 6.00. The van der Waals surface area contributed by atoms with Crippen molar-refractivity contribution in [2.45, 2.75) is 43.8 Å². The van der Waals surface area contributed by atoms with Crippen LogP contribution >= 0.6 is 0 Å². The molecule has 0 saturated heterocycles. The van der Waals surface area contributed by atoms with Gasteiger partial charge in [0, 0.05) is 11.5 Å². The molecule has 150 valence electrons. The van der Waals surface area contributed by atoms with Crippen LogP contribution in [0, 0.1) is 0 Å². The summed E-state index contributed by atoms with van der Waals surface area (Å²) in [7, 11) is 6.71. The molecule has 1 aliphatic heterocycles. The minimum Gasteiger partial charge on any atom is -0.497 e. The molecular formula is C23H28O5. The predicted molar refractivity (Wildman–Crippen MR) is 107 cm³/mol. The maximum Gasteiger partial charge on any atom is 0.161 e. The Morgan fingerprint density at radius 3 is 2.07 bits per heavy atom. The van der Waals surface area contributed by atoms with E-state index in [1.807, 2.05) is 18.2 Å². The highest BCUT2D eigenvalue weighted by Gasteiger charge is 2.39. The van der Waals surface area contributed by atoms with Gasteiger partial charge in [-0.3, -0.25) is 0 Å². The zero-order chi connectivity index (χ0) is 19.7. The molecular weight excluding hydrogens is 356 g/mol. The van der Waals surface area contributed by atoms with Crippen LogP contribution in [0.5, 0.6) is 23.0 Å². The number of rotatable bonds is 5. The molecule has 5 heteroatoms. The highest BCUT2D eigenvalue weighted by molar-refractivity contribution is 5.55. The monoisotopic (exact) mass is 384 g/mol. The van der Waals surface area contributed by atoms with Crippen molar-refractivity contribution in [2.75, 3.05) is 28.4 Å². The summed E-state index contributed by atoms with van der Waals surface area (Å²) in [6.07, 6.45) is 4.59. The molecule has 0 unspecified atom stereocenters. The Morgan fingerprint density at radius 1 is 0.714 bits per heavy atom. The summed E-state index contributed by atoms with van der Waals surface area (Å²) >= 11 is 0. The van der Waals surface area contributed by atoms with E-state index in [1.165, 1.54) is 18.4 Å². The van der Waals surface area contributed by atoms with Gasteiger partial charge in [-0.2, -0.15) is 0 Å². The second-order valence-corrected chi connectivity index (χ2v) is 7.39. The Balaban J connectivity index is 1.90. The molecule has 3 atom stereocenters. The fourth-order valence-electron chi connectivity index (χ4n) is 4.61. The van der Waals surface area contributed by atoms with E-state index in [-0.39, 0.29) is 12.2 Å². The van der Waals surface area contributed by atoms with Gasteiger partial charge in [0.25, 0.3) is 0 Å². The van der Waals surface area contributed by atoms with Gasteiger partial charge in [-0.05, 0) is 54.3 Å². The van der Waals surface area contributed by atoms with Crippen LogP contribution in [0.4, 0.5) is 0 Å². The van der Waals surface area contributed by atoms with Crippen molar-refractivity contribution < 1.29 is 23.7 Å². The quantitative estimate of drug-likeness (QED) is 0.736. The fourth-order valence-corrected chi connectivity index (χ4v) is 4.61. The van der Waals surface area contributed by atoms with Crippen LogP contribution in [0.2, 0.25) is 0 Å². The van der Waals surface area contributed by atoms with Crippen molar-refractivity contribution in [1.29, 1.82) is 0 Å². The highest BCUT2D eigenvalue weighted by Crippen LogP contribution is 2.51. The van der Waals surface area contributed by atoms with E-state index >= 15 is 0 Å². The van der Waals surface area contributed by atoms with Gasteiger partial charge in [0.1, 0.15) is 17.6 Å². The molecule has 1 saturated carbocycles. The summed E-state index contributed by atoms with van der Waals surface area (Å²) < 4.78 is 29.0. The summed E-state index contributed by atoms with van der Waals surface area (Å²) in [5.74, 6) is 3.44. The minimum absolute atomic E-state index is 0.195.